The van der Waals surface area contributed by atoms with E-state index in [0.29, 0.717) is 0 Å². The molecule has 0 aromatic heterocycles. The van der Waals surface area contributed by atoms with Crippen molar-refractivity contribution in [3.05, 3.63) is 0 Å². The van der Waals surface area contributed by atoms with Crippen molar-refractivity contribution in [2.45, 2.75) is 6.42 Å². The largest absolute Gasteiger partial charge is 0.383 e. The average molecular weight is 268 g/mol. The summed E-state index contributed by atoms with van der Waals surface area (Å²) in [4.78, 5) is 17.0. The third-order valence-electron chi connectivity index (χ3n) is 0.808. The van der Waals surface area contributed by atoms with Crippen LogP contribution < -0.4 is 0 Å². The molecule has 2 N–H and O–H groups in total. The van der Waals surface area contributed by atoms with Crippen molar-refractivity contribution in [3.8, 4) is 0 Å². The quantitative estimate of drug-likeness (QED) is 0.331. The van der Waals surface area contributed by atoms with Crippen molar-refractivity contribution < 1.29 is 28.0 Å². The average Bonchev–Trinajstić information content (AvgIpc) is 1.81. The fraction of sp³-hybridized carbons (Fsp3) is 1.00. The highest BCUT2D eigenvalue weighted by Crippen LogP contribution is 2.48. The molecule has 0 rings (SSSR count). The molecule has 0 bridgehead atoms. The van der Waals surface area contributed by atoms with Gasteiger partial charge in [-0.3, -0.25) is 0 Å². The van der Waals surface area contributed by atoms with E-state index in [1.165, 1.54) is 0 Å². The van der Waals surface area contributed by atoms with Gasteiger partial charge in [0.05, 0.1) is 13.2 Å². The Balaban J connectivity index is 3.39. The molecule has 0 aromatic carbocycles. The fourth-order valence-corrected chi connectivity index (χ4v) is 1.65. The van der Waals surface area contributed by atoms with E-state index >= 15 is 0 Å². The second kappa shape index (κ2) is 5.78. The molecule has 0 radical (unpaired) electrons. The van der Waals surface area contributed by atoms with Crippen LogP contribution in [-0.2, 0) is 18.2 Å². The predicted molar refractivity (Wildman–Crippen MR) is 54.1 cm³/mol. The molecule has 0 aliphatic heterocycles. The van der Waals surface area contributed by atoms with Gasteiger partial charge in [0.15, 0.2) is 0 Å². The number of hydrogen-bond donors (Lipinski definition) is 4. The molecule has 0 aromatic rings. The second-order valence-electron chi connectivity index (χ2n) is 2.00. The summed E-state index contributed by atoms with van der Waals surface area (Å²) in [6.07, 6.45) is 0.205. The van der Waals surface area contributed by atoms with Crippen LogP contribution in [0.5, 0.6) is 0 Å². The van der Waals surface area contributed by atoms with Crippen LogP contribution in [0.2, 0.25) is 0 Å². The van der Waals surface area contributed by atoms with Gasteiger partial charge in [-0.15, -0.1) is 0 Å². The molecule has 2 unspecified atom stereocenters. The lowest BCUT2D eigenvalue weighted by molar-refractivity contribution is 0.223. The number of thiol groups is 2. The van der Waals surface area contributed by atoms with Crippen LogP contribution in [0, 0.1) is 0 Å². The van der Waals surface area contributed by atoms with Crippen molar-refractivity contribution in [1.29, 1.82) is 0 Å². The summed E-state index contributed by atoms with van der Waals surface area (Å²) in [6.45, 7) is -7.67. The smallest absolute Gasteiger partial charge is 0.317 e. The second-order valence-corrected chi connectivity index (χ2v) is 7.51. The summed E-state index contributed by atoms with van der Waals surface area (Å²) in [5.41, 5.74) is 0. The maximum atomic E-state index is 10.4. The molecule has 0 aliphatic carbocycles. The SMILES string of the molecule is O=P(O)(S)OCCCOP(=O)(O)S. The molecule has 10 heteroatoms. The van der Waals surface area contributed by atoms with Crippen LogP contribution in [0.1, 0.15) is 6.42 Å². The van der Waals surface area contributed by atoms with Crippen molar-refractivity contribution in [2.75, 3.05) is 13.2 Å². The zero-order valence-corrected chi connectivity index (χ0v) is 10.0. The maximum absolute atomic E-state index is 10.4. The van der Waals surface area contributed by atoms with Crippen LogP contribution in [0.3, 0.4) is 0 Å². The van der Waals surface area contributed by atoms with E-state index in [9.17, 15) is 9.13 Å². The molecule has 0 fully saturated rings. The molecule has 6 nitrogen and oxygen atoms in total. The summed E-state index contributed by atoms with van der Waals surface area (Å²) in [5, 5.41) is 0. The van der Waals surface area contributed by atoms with E-state index in [4.69, 9.17) is 9.79 Å². The summed E-state index contributed by atoms with van der Waals surface area (Å²) in [6, 6.07) is 0. The van der Waals surface area contributed by atoms with Gasteiger partial charge >= 0.3 is 13.6 Å². The molecular formula is C3H10O6P2S2. The maximum Gasteiger partial charge on any atom is 0.383 e. The van der Waals surface area contributed by atoms with E-state index in [0.717, 1.165) is 0 Å². The lowest BCUT2D eigenvalue weighted by Crippen LogP contribution is -1.96. The highest BCUT2D eigenvalue weighted by Gasteiger charge is 2.13. The lowest BCUT2D eigenvalue weighted by Gasteiger charge is -2.07. The number of hydrogen-bond acceptors (Lipinski definition) is 4. The van der Waals surface area contributed by atoms with Crippen molar-refractivity contribution >= 4 is 38.1 Å². The Bertz CT molecular complexity index is 208. The first kappa shape index (κ1) is 14.0. The molecule has 80 valence electrons. The molecule has 0 heterocycles. The van der Waals surface area contributed by atoms with Gasteiger partial charge in [0.25, 0.3) is 0 Å². The molecule has 2 atom stereocenters. The Kier molecular flexibility index (Phi) is 6.22. The predicted octanol–water partition coefficient (Wildman–Crippen LogP) is 1.47. The van der Waals surface area contributed by atoms with Crippen molar-refractivity contribution in [2.24, 2.45) is 0 Å². The first-order valence-electron chi connectivity index (χ1n) is 3.11. The highest BCUT2D eigenvalue weighted by atomic mass is 32.7. The molecule has 0 saturated carbocycles. The molecular weight excluding hydrogens is 258 g/mol. The van der Waals surface area contributed by atoms with E-state index in [-0.39, 0.29) is 19.6 Å². The first-order valence-corrected chi connectivity index (χ1v) is 8.57. The Morgan fingerprint density at radius 3 is 1.54 bits per heavy atom. The highest BCUT2D eigenvalue weighted by molar-refractivity contribution is 8.44. The summed E-state index contributed by atoms with van der Waals surface area (Å²) < 4.78 is 29.5. The summed E-state index contributed by atoms with van der Waals surface area (Å²) in [7, 11) is 0. The van der Waals surface area contributed by atoms with Gasteiger partial charge in [-0.1, -0.05) is 24.5 Å². The number of rotatable bonds is 6. The van der Waals surface area contributed by atoms with Gasteiger partial charge in [0.1, 0.15) is 0 Å². The van der Waals surface area contributed by atoms with Gasteiger partial charge in [0, 0.05) is 0 Å². The molecule has 0 amide bonds. The topological polar surface area (TPSA) is 93.1 Å². The normalized spacial score (nSPS) is 20.6. The van der Waals surface area contributed by atoms with Crippen LogP contribution in [0.4, 0.5) is 0 Å². The van der Waals surface area contributed by atoms with E-state index < -0.39 is 13.6 Å². The van der Waals surface area contributed by atoms with E-state index in [1.807, 2.05) is 0 Å². The molecule has 0 saturated heterocycles. The Hall–Kier alpha value is 1.000. The summed E-state index contributed by atoms with van der Waals surface area (Å²) in [5.74, 6) is 0. The van der Waals surface area contributed by atoms with Crippen molar-refractivity contribution in [1.82, 2.24) is 0 Å². The van der Waals surface area contributed by atoms with Crippen LogP contribution in [-0.4, -0.2) is 23.0 Å². The van der Waals surface area contributed by atoms with Crippen LogP contribution in [0.25, 0.3) is 0 Å². The zero-order chi connectivity index (χ0) is 10.5. The first-order chi connectivity index (χ1) is 5.71. The Labute approximate surface area is 86.0 Å². The Morgan fingerprint density at radius 1 is 1.00 bits per heavy atom. The van der Waals surface area contributed by atoms with Gasteiger partial charge in [0.2, 0.25) is 0 Å². The molecule has 0 aliphatic rings. The van der Waals surface area contributed by atoms with E-state index in [1.54, 1.807) is 0 Å². The van der Waals surface area contributed by atoms with Crippen LogP contribution >= 0.6 is 38.1 Å². The third kappa shape index (κ3) is 13.0. The molecule has 13 heavy (non-hydrogen) atoms. The summed E-state index contributed by atoms with van der Waals surface area (Å²) >= 11 is 6.49. The third-order valence-corrected chi connectivity index (χ3v) is 2.54. The van der Waals surface area contributed by atoms with Gasteiger partial charge < -0.3 is 18.8 Å². The van der Waals surface area contributed by atoms with Gasteiger partial charge in [-0.25, -0.2) is 9.13 Å². The lowest BCUT2D eigenvalue weighted by atomic mass is 10.5. The minimum Gasteiger partial charge on any atom is -0.317 e. The minimum atomic E-state index is -3.76. The molecule has 0 spiro atoms. The minimum absolute atomic E-state index is 0.0783. The standard InChI is InChI=1S/C3H10O6P2S2/c4-10(5,12)8-2-1-3-9-11(6,7)13/h1-3H2,(H2,4,5,12)(H2,6,7,13). The van der Waals surface area contributed by atoms with Gasteiger partial charge in [-0.2, -0.15) is 0 Å². The fourth-order valence-electron chi connectivity index (χ4n) is 0.426. The zero-order valence-electron chi connectivity index (χ0n) is 6.44. The Morgan fingerprint density at radius 2 is 1.31 bits per heavy atom. The monoisotopic (exact) mass is 268 g/mol. The van der Waals surface area contributed by atoms with Gasteiger partial charge in [-0.05, 0) is 6.42 Å². The van der Waals surface area contributed by atoms with Crippen molar-refractivity contribution in [3.63, 3.8) is 0 Å². The van der Waals surface area contributed by atoms with E-state index in [2.05, 4.69) is 33.5 Å². The van der Waals surface area contributed by atoms with Crippen LogP contribution in [0.15, 0.2) is 0 Å².